The van der Waals surface area contributed by atoms with E-state index >= 15 is 0 Å². The SMILES string of the molecule is CNc1ccc(C(=O)OCC(=O)c2ccc(CNC(=O)C(C)(C)C)s2)cc1[N+](=O)[O-]. The molecule has 0 unspecified atom stereocenters. The molecule has 0 saturated carbocycles. The van der Waals surface area contributed by atoms with Crippen molar-refractivity contribution in [1.29, 1.82) is 0 Å². The minimum atomic E-state index is -0.830. The highest BCUT2D eigenvalue weighted by Crippen LogP contribution is 2.25. The molecule has 0 fully saturated rings. The fourth-order valence-electron chi connectivity index (χ4n) is 2.36. The van der Waals surface area contributed by atoms with Crippen LogP contribution in [0.25, 0.3) is 0 Å². The zero-order valence-electron chi connectivity index (χ0n) is 17.1. The zero-order valence-corrected chi connectivity index (χ0v) is 17.9. The Balaban J connectivity index is 1.95. The molecule has 0 radical (unpaired) electrons. The van der Waals surface area contributed by atoms with Gasteiger partial charge in [0, 0.05) is 23.4 Å². The van der Waals surface area contributed by atoms with Gasteiger partial charge in [-0.3, -0.25) is 19.7 Å². The van der Waals surface area contributed by atoms with E-state index in [1.165, 1.54) is 30.5 Å². The van der Waals surface area contributed by atoms with Crippen molar-refractivity contribution in [2.24, 2.45) is 5.41 Å². The third-order valence-electron chi connectivity index (χ3n) is 4.07. The maximum atomic E-state index is 12.3. The van der Waals surface area contributed by atoms with Gasteiger partial charge in [0.25, 0.3) is 5.69 Å². The Morgan fingerprint density at radius 1 is 1.17 bits per heavy atom. The van der Waals surface area contributed by atoms with Crippen LogP contribution in [0.3, 0.4) is 0 Å². The smallest absolute Gasteiger partial charge is 0.338 e. The molecule has 0 bridgehead atoms. The summed E-state index contributed by atoms with van der Waals surface area (Å²) >= 11 is 1.20. The second-order valence-electron chi connectivity index (χ2n) is 7.44. The molecule has 0 saturated heterocycles. The highest BCUT2D eigenvalue weighted by Gasteiger charge is 2.21. The molecule has 0 aliphatic heterocycles. The first-order valence-corrected chi connectivity index (χ1v) is 9.88. The van der Waals surface area contributed by atoms with E-state index in [4.69, 9.17) is 4.74 Å². The van der Waals surface area contributed by atoms with Crippen molar-refractivity contribution in [3.63, 3.8) is 0 Å². The van der Waals surface area contributed by atoms with Crippen LogP contribution < -0.4 is 10.6 Å². The number of ketones is 1. The summed E-state index contributed by atoms with van der Waals surface area (Å²) in [6, 6.07) is 7.20. The lowest BCUT2D eigenvalue weighted by Crippen LogP contribution is -2.34. The number of nitrogens with one attached hydrogen (secondary N) is 2. The predicted molar refractivity (Wildman–Crippen MR) is 113 cm³/mol. The van der Waals surface area contributed by atoms with Crippen molar-refractivity contribution in [2.75, 3.05) is 19.0 Å². The van der Waals surface area contributed by atoms with Crippen LogP contribution in [0.4, 0.5) is 11.4 Å². The van der Waals surface area contributed by atoms with Gasteiger partial charge >= 0.3 is 5.97 Å². The number of ether oxygens (including phenoxy) is 1. The molecule has 0 aliphatic carbocycles. The fourth-order valence-corrected chi connectivity index (χ4v) is 3.23. The average Bonchev–Trinajstić information content (AvgIpc) is 3.17. The number of amides is 1. The molecular weight excluding hydrogens is 410 g/mol. The van der Waals surface area contributed by atoms with Crippen LogP contribution in [-0.2, 0) is 16.1 Å². The molecule has 2 aromatic rings. The predicted octanol–water partition coefficient (Wildman–Crippen LogP) is 3.40. The Kier molecular flexibility index (Phi) is 7.28. The molecule has 9 nitrogen and oxygen atoms in total. The highest BCUT2D eigenvalue weighted by atomic mass is 32.1. The lowest BCUT2D eigenvalue weighted by Gasteiger charge is -2.17. The number of nitro groups is 1. The Labute approximate surface area is 177 Å². The van der Waals surface area contributed by atoms with E-state index in [2.05, 4.69) is 10.6 Å². The Morgan fingerprint density at radius 3 is 2.47 bits per heavy atom. The average molecular weight is 433 g/mol. The van der Waals surface area contributed by atoms with Crippen LogP contribution in [0.5, 0.6) is 0 Å². The van der Waals surface area contributed by atoms with Gasteiger partial charge < -0.3 is 15.4 Å². The Hall–Kier alpha value is -3.27. The lowest BCUT2D eigenvalue weighted by molar-refractivity contribution is -0.384. The van der Waals surface area contributed by atoms with Crippen LogP contribution >= 0.6 is 11.3 Å². The number of Topliss-reactive ketones (excluding diaryl/α,β-unsaturated/α-hetero) is 1. The summed E-state index contributed by atoms with van der Waals surface area (Å²) in [5, 5.41) is 16.6. The summed E-state index contributed by atoms with van der Waals surface area (Å²) in [5.41, 5.74) is -0.536. The summed E-state index contributed by atoms with van der Waals surface area (Å²) in [6.07, 6.45) is 0. The van der Waals surface area contributed by atoms with Crippen molar-refractivity contribution in [1.82, 2.24) is 5.32 Å². The van der Waals surface area contributed by atoms with E-state index in [0.29, 0.717) is 11.4 Å². The Bertz CT molecular complexity index is 977. The molecule has 160 valence electrons. The first kappa shape index (κ1) is 23.0. The molecule has 10 heteroatoms. The minimum Gasteiger partial charge on any atom is -0.454 e. The third-order valence-corrected chi connectivity index (χ3v) is 5.20. The topological polar surface area (TPSA) is 128 Å². The van der Waals surface area contributed by atoms with Gasteiger partial charge in [0.15, 0.2) is 6.61 Å². The van der Waals surface area contributed by atoms with Crippen molar-refractivity contribution in [3.05, 3.63) is 55.8 Å². The lowest BCUT2D eigenvalue weighted by atomic mass is 9.96. The summed E-state index contributed by atoms with van der Waals surface area (Å²) in [5.74, 6) is -1.33. The number of carbonyl (C=O) groups is 3. The molecule has 1 aromatic heterocycles. The number of anilines is 1. The summed E-state index contributed by atoms with van der Waals surface area (Å²) in [6.45, 7) is 5.23. The number of hydrogen-bond donors (Lipinski definition) is 2. The summed E-state index contributed by atoms with van der Waals surface area (Å²) in [4.78, 5) is 48.0. The number of esters is 1. The third kappa shape index (κ3) is 5.86. The number of benzene rings is 1. The first-order valence-electron chi connectivity index (χ1n) is 9.06. The first-order chi connectivity index (χ1) is 14.0. The summed E-state index contributed by atoms with van der Waals surface area (Å²) in [7, 11) is 1.53. The van der Waals surface area contributed by atoms with Gasteiger partial charge in [-0.1, -0.05) is 20.8 Å². The molecule has 2 N–H and O–H groups in total. The molecule has 2 rings (SSSR count). The normalized spacial score (nSPS) is 10.9. The van der Waals surface area contributed by atoms with E-state index < -0.39 is 28.7 Å². The van der Waals surface area contributed by atoms with Gasteiger partial charge in [0.2, 0.25) is 11.7 Å². The van der Waals surface area contributed by atoms with E-state index in [1.807, 2.05) is 0 Å². The van der Waals surface area contributed by atoms with Gasteiger partial charge in [-0.05, 0) is 24.3 Å². The molecule has 1 amide bonds. The molecular formula is C20H23N3O6S. The number of carbonyl (C=O) groups excluding carboxylic acids is 3. The van der Waals surface area contributed by atoms with Gasteiger partial charge in [-0.25, -0.2) is 4.79 Å². The second-order valence-corrected chi connectivity index (χ2v) is 8.61. The van der Waals surface area contributed by atoms with Gasteiger partial charge in [0.05, 0.1) is 21.9 Å². The van der Waals surface area contributed by atoms with Crippen LogP contribution in [0.15, 0.2) is 30.3 Å². The molecule has 1 aromatic carbocycles. The summed E-state index contributed by atoms with van der Waals surface area (Å²) < 4.78 is 5.01. The molecule has 0 atom stereocenters. The van der Waals surface area contributed by atoms with Crippen molar-refractivity contribution >= 4 is 40.4 Å². The minimum absolute atomic E-state index is 0.0229. The van der Waals surface area contributed by atoms with E-state index in [-0.39, 0.29) is 22.8 Å². The number of hydrogen-bond acceptors (Lipinski definition) is 8. The zero-order chi connectivity index (χ0) is 22.5. The van der Waals surface area contributed by atoms with Crippen LogP contribution in [0.2, 0.25) is 0 Å². The van der Waals surface area contributed by atoms with Crippen molar-refractivity contribution in [3.8, 4) is 0 Å². The number of nitrogens with zero attached hydrogens (tertiary/aromatic N) is 1. The van der Waals surface area contributed by atoms with Gasteiger partial charge in [-0.15, -0.1) is 11.3 Å². The molecule has 30 heavy (non-hydrogen) atoms. The van der Waals surface area contributed by atoms with E-state index in [0.717, 1.165) is 10.9 Å². The van der Waals surface area contributed by atoms with Crippen LogP contribution in [0, 0.1) is 15.5 Å². The maximum absolute atomic E-state index is 12.3. The van der Waals surface area contributed by atoms with Gasteiger partial charge in [0.1, 0.15) is 5.69 Å². The number of rotatable bonds is 8. The maximum Gasteiger partial charge on any atom is 0.338 e. The molecule has 0 aliphatic rings. The van der Waals surface area contributed by atoms with Crippen molar-refractivity contribution in [2.45, 2.75) is 27.3 Å². The van der Waals surface area contributed by atoms with Crippen molar-refractivity contribution < 1.29 is 24.0 Å². The standard InChI is InChI=1S/C20H23N3O6S/c1-20(2,3)19(26)22-10-13-6-8-17(30-13)16(24)11-29-18(25)12-5-7-14(21-4)15(9-12)23(27)28/h5-9,21H,10-11H2,1-4H3,(H,22,26). The monoisotopic (exact) mass is 433 g/mol. The quantitative estimate of drug-likeness (QED) is 0.283. The number of thiophene rings is 1. The fraction of sp³-hybridized carbons (Fsp3) is 0.350. The van der Waals surface area contributed by atoms with Crippen LogP contribution in [-0.4, -0.2) is 36.2 Å². The molecule has 0 spiro atoms. The largest absolute Gasteiger partial charge is 0.454 e. The Morgan fingerprint density at radius 2 is 1.87 bits per heavy atom. The number of nitro benzene ring substituents is 1. The second kappa shape index (κ2) is 9.49. The van der Waals surface area contributed by atoms with Crippen LogP contribution in [0.1, 0.15) is 45.7 Å². The van der Waals surface area contributed by atoms with E-state index in [1.54, 1.807) is 32.9 Å². The van der Waals surface area contributed by atoms with Gasteiger partial charge in [-0.2, -0.15) is 0 Å². The highest BCUT2D eigenvalue weighted by molar-refractivity contribution is 7.14. The molecule has 1 heterocycles. The van der Waals surface area contributed by atoms with E-state index in [9.17, 15) is 24.5 Å².